The monoisotopic (exact) mass is 239 g/mol. The Labute approximate surface area is 100 Å². The van der Waals surface area contributed by atoms with Crippen LogP contribution in [0.2, 0.25) is 0 Å². The lowest BCUT2D eigenvalue weighted by atomic mass is 10.1. The molecule has 1 atom stereocenters. The summed E-state index contributed by atoms with van der Waals surface area (Å²) in [6, 6.07) is 6.34. The number of nitrogens with zero attached hydrogens (tertiary/aromatic N) is 1. The van der Waals surface area contributed by atoms with Gasteiger partial charge in [0.25, 0.3) is 0 Å². The van der Waals surface area contributed by atoms with Gasteiger partial charge in [-0.3, -0.25) is 0 Å². The zero-order valence-corrected chi connectivity index (χ0v) is 9.86. The number of rotatable bonds is 6. The van der Waals surface area contributed by atoms with Crippen molar-refractivity contribution < 1.29 is 9.60 Å². The standard InChI is InChI=1S/C12H18FN3O/c1-2-11(12(14)16-17)15-7-6-9-4-3-5-10(13)8-9/h3-5,8,11,15,17H,2,6-7H2,1H3,(H2,14,16). The molecule has 0 aromatic heterocycles. The van der Waals surface area contributed by atoms with E-state index in [1.807, 2.05) is 13.0 Å². The molecular formula is C12H18FN3O. The maximum atomic E-state index is 12.9. The molecule has 0 aliphatic heterocycles. The topological polar surface area (TPSA) is 70.6 Å². The molecule has 0 aliphatic rings. The van der Waals surface area contributed by atoms with Crippen molar-refractivity contribution in [2.75, 3.05) is 6.54 Å². The van der Waals surface area contributed by atoms with Crippen molar-refractivity contribution in [3.63, 3.8) is 0 Å². The summed E-state index contributed by atoms with van der Waals surface area (Å²) < 4.78 is 12.9. The summed E-state index contributed by atoms with van der Waals surface area (Å²) in [5, 5.41) is 14.7. The molecular weight excluding hydrogens is 221 g/mol. The number of oxime groups is 1. The van der Waals surface area contributed by atoms with Gasteiger partial charge in [0.15, 0.2) is 5.84 Å². The highest BCUT2D eigenvalue weighted by Gasteiger charge is 2.09. The highest BCUT2D eigenvalue weighted by molar-refractivity contribution is 5.85. The lowest BCUT2D eigenvalue weighted by Crippen LogP contribution is -2.41. The predicted octanol–water partition coefficient (Wildman–Crippen LogP) is 1.48. The summed E-state index contributed by atoms with van der Waals surface area (Å²) >= 11 is 0. The number of halogens is 1. The van der Waals surface area contributed by atoms with Crippen LogP contribution >= 0.6 is 0 Å². The van der Waals surface area contributed by atoms with Crippen LogP contribution in [0.25, 0.3) is 0 Å². The SMILES string of the molecule is CCC(NCCc1cccc(F)c1)/C(N)=N/O. The minimum atomic E-state index is -0.231. The second kappa shape index (κ2) is 6.85. The second-order valence-corrected chi connectivity index (χ2v) is 3.82. The van der Waals surface area contributed by atoms with Crippen LogP contribution in [0.4, 0.5) is 4.39 Å². The smallest absolute Gasteiger partial charge is 0.156 e. The summed E-state index contributed by atoms with van der Waals surface area (Å²) in [6.07, 6.45) is 1.44. The average Bonchev–Trinajstić information content (AvgIpc) is 2.34. The first-order chi connectivity index (χ1) is 8.17. The largest absolute Gasteiger partial charge is 0.409 e. The molecule has 0 saturated heterocycles. The highest BCUT2D eigenvalue weighted by Crippen LogP contribution is 2.03. The van der Waals surface area contributed by atoms with E-state index in [1.54, 1.807) is 6.07 Å². The molecule has 0 saturated carbocycles. The Kier molecular flexibility index (Phi) is 5.42. The van der Waals surface area contributed by atoms with Crippen LogP contribution in [-0.4, -0.2) is 23.6 Å². The number of benzene rings is 1. The van der Waals surface area contributed by atoms with E-state index in [9.17, 15) is 4.39 Å². The van der Waals surface area contributed by atoms with Gasteiger partial charge in [-0.05, 0) is 37.1 Å². The van der Waals surface area contributed by atoms with E-state index in [4.69, 9.17) is 10.9 Å². The Hall–Kier alpha value is -1.62. The number of amidine groups is 1. The van der Waals surface area contributed by atoms with Gasteiger partial charge in [-0.15, -0.1) is 0 Å². The van der Waals surface area contributed by atoms with Gasteiger partial charge in [0, 0.05) is 0 Å². The molecule has 0 radical (unpaired) electrons. The van der Waals surface area contributed by atoms with Gasteiger partial charge < -0.3 is 16.3 Å². The molecule has 0 spiro atoms. The average molecular weight is 239 g/mol. The quantitative estimate of drug-likeness (QED) is 0.305. The molecule has 0 bridgehead atoms. The fraction of sp³-hybridized carbons (Fsp3) is 0.417. The van der Waals surface area contributed by atoms with E-state index in [1.165, 1.54) is 12.1 Å². The van der Waals surface area contributed by atoms with Crippen molar-refractivity contribution in [1.82, 2.24) is 5.32 Å². The van der Waals surface area contributed by atoms with E-state index in [2.05, 4.69) is 10.5 Å². The number of hydrogen-bond donors (Lipinski definition) is 3. The molecule has 4 nitrogen and oxygen atoms in total. The molecule has 0 aliphatic carbocycles. The Balaban J connectivity index is 2.41. The molecule has 4 N–H and O–H groups in total. The van der Waals surface area contributed by atoms with Crippen molar-refractivity contribution in [1.29, 1.82) is 0 Å². The van der Waals surface area contributed by atoms with E-state index in [0.29, 0.717) is 13.0 Å². The zero-order valence-electron chi connectivity index (χ0n) is 9.86. The Bertz CT molecular complexity index is 382. The fourth-order valence-corrected chi connectivity index (χ4v) is 1.61. The van der Waals surface area contributed by atoms with Crippen molar-refractivity contribution in [2.24, 2.45) is 10.9 Å². The number of nitrogens with two attached hydrogens (primary N) is 1. The van der Waals surface area contributed by atoms with Gasteiger partial charge in [-0.2, -0.15) is 0 Å². The first kappa shape index (κ1) is 13.4. The minimum Gasteiger partial charge on any atom is -0.409 e. The highest BCUT2D eigenvalue weighted by atomic mass is 19.1. The van der Waals surface area contributed by atoms with Crippen molar-refractivity contribution in [2.45, 2.75) is 25.8 Å². The first-order valence-electron chi connectivity index (χ1n) is 5.62. The van der Waals surface area contributed by atoms with Crippen molar-refractivity contribution in [3.8, 4) is 0 Å². The summed E-state index contributed by atoms with van der Waals surface area (Å²) in [6.45, 7) is 2.59. The van der Waals surface area contributed by atoms with Gasteiger partial charge in [0.1, 0.15) is 5.82 Å². The van der Waals surface area contributed by atoms with Gasteiger partial charge in [0.2, 0.25) is 0 Å². The summed E-state index contributed by atoms with van der Waals surface area (Å²) in [4.78, 5) is 0. The first-order valence-corrected chi connectivity index (χ1v) is 5.62. The summed E-state index contributed by atoms with van der Waals surface area (Å²) in [5.74, 6) is -0.0577. The lowest BCUT2D eigenvalue weighted by Gasteiger charge is -2.15. The summed E-state index contributed by atoms with van der Waals surface area (Å²) in [7, 11) is 0. The maximum Gasteiger partial charge on any atom is 0.156 e. The normalized spacial score (nSPS) is 13.6. The Morgan fingerprint density at radius 2 is 2.35 bits per heavy atom. The van der Waals surface area contributed by atoms with Crippen LogP contribution in [0.5, 0.6) is 0 Å². The predicted molar refractivity (Wildman–Crippen MR) is 65.6 cm³/mol. The molecule has 1 aromatic rings. The van der Waals surface area contributed by atoms with Crippen LogP contribution in [0.1, 0.15) is 18.9 Å². The number of hydrogen-bond acceptors (Lipinski definition) is 3. The third-order valence-corrected chi connectivity index (χ3v) is 2.57. The number of nitrogens with one attached hydrogen (secondary N) is 1. The van der Waals surface area contributed by atoms with Crippen molar-refractivity contribution in [3.05, 3.63) is 35.6 Å². The maximum absolute atomic E-state index is 12.9. The van der Waals surface area contributed by atoms with Gasteiger partial charge >= 0.3 is 0 Å². The molecule has 17 heavy (non-hydrogen) atoms. The molecule has 1 rings (SSSR count). The van der Waals surface area contributed by atoms with Crippen LogP contribution in [-0.2, 0) is 6.42 Å². The van der Waals surface area contributed by atoms with E-state index in [0.717, 1.165) is 12.0 Å². The van der Waals surface area contributed by atoms with Crippen LogP contribution in [0.3, 0.4) is 0 Å². The zero-order chi connectivity index (χ0) is 12.7. The third-order valence-electron chi connectivity index (χ3n) is 2.57. The molecule has 94 valence electrons. The van der Waals surface area contributed by atoms with Crippen LogP contribution < -0.4 is 11.1 Å². The van der Waals surface area contributed by atoms with Gasteiger partial charge in [0.05, 0.1) is 6.04 Å². The Morgan fingerprint density at radius 1 is 1.59 bits per heavy atom. The molecule has 0 fully saturated rings. The lowest BCUT2D eigenvalue weighted by molar-refractivity contribution is 0.314. The third kappa shape index (κ3) is 4.40. The van der Waals surface area contributed by atoms with Crippen LogP contribution in [0.15, 0.2) is 29.4 Å². The van der Waals surface area contributed by atoms with E-state index < -0.39 is 0 Å². The van der Waals surface area contributed by atoms with Gasteiger partial charge in [-0.25, -0.2) is 4.39 Å². The van der Waals surface area contributed by atoms with Crippen LogP contribution in [0, 0.1) is 5.82 Å². The Morgan fingerprint density at radius 3 is 2.94 bits per heavy atom. The molecule has 5 heteroatoms. The van der Waals surface area contributed by atoms with E-state index in [-0.39, 0.29) is 17.7 Å². The second-order valence-electron chi connectivity index (χ2n) is 3.82. The minimum absolute atomic E-state index is 0.145. The molecule has 1 aromatic carbocycles. The summed E-state index contributed by atoms with van der Waals surface area (Å²) in [5.41, 5.74) is 6.43. The van der Waals surface area contributed by atoms with Gasteiger partial charge in [-0.1, -0.05) is 24.2 Å². The molecule has 0 heterocycles. The van der Waals surface area contributed by atoms with Crippen molar-refractivity contribution >= 4 is 5.84 Å². The fourth-order valence-electron chi connectivity index (χ4n) is 1.61. The van der Waals surface area contributed by atoms with E-state index >= 15 is 0 Å². The molecule has 1 unspecified atom stereocenters. The molecule has 0 amide bonds.